The average molecular weight is 537 g/mol. The second kappa shape index (κ2) is 7.94. The largest absolute Gasteiger partial charge is 0.504 e. The molecule has 5 rings (SSSR count). The molecular formula is C24H22Cl2N2O8. The summed E-state index contributed by atoms with van der Waals surface area (Å²) in [7, 11) is 3.69. The average Bonchev–Trinajstić information content (AvgIpc) is 3.19. The SMILES string of the molecule is COC(=O)N1C(=O)C2CC=C3C(CC4(Cl)C(=O)N(C)C(=O)C4(Cl)C3c3cccc(OC)c3O)C2C1=O. The number of benzene rings is 1. The van der Waals surface area contributed by atoms with Crippen LogP contribution in [0.15, 0.2) is 29.8 Å². The fourth-order valence-electron chi connectivity index (χ4n) is 6.30. The molecule has 1 N–H and O–H groups in total. The number of carbonyl (C=O) groups excluding carboxylic acids is 5. The molecule has 190 valence electrons. The lowest BCUT2D eigenvalue weighted by molar-refractivity contribution is -0.139. The Morgan fingerprint density at radius 2 is 1.78 bits per heavy atom. The first kappa shape index (κ1) is 24.6. The molecule has 2 heterocycles. The molecular weight excluding hydrogens is 515 g/mol. The van der Waals surface area contributed by atoms with Gasteiger partial charge in [-0.3, -0.25) is 24.1 Å². The lowest BCUT2D eigenvalue weighted by Crippen LogP contribution is -2.60. The third-order valence-electron chi connectivity index (χ3n) is 7.93. The standard InChI is InChI=1S/C24H22Cl2N2O8/c1-27-20(32)23(25)9-13-10(7-8-11-15(13)19(31)28(18(11)30)22(34)36-3)16(24(23,26)21(27)33)12-5-4-6-14(35-2)17(12)29/h4-7,11,13,15-16,29H,8-9H2,1-3H3. The number of amides is 5. The number of rotatable bonds is 2. The van der Waals surface area contributed by atoms with E-state index in [-0.39, 0.29) is 29.9 Å². The summed E-state index contributed by atoms with van der Waals surface area (Å²) >= 11 is 14.0. The predicted molar refractivity (Wildman–Crippen MR) is 124 cm³/mol. The minimum absolute atomic E-state index is 0.0794. The van der Waals surface area contributed by atoms with Gasteiger partial charge in [0.05, 0.1) is 26.1 Å². The van der Waals surface area contributed by atoms with Crippen molar-refractivity contribution in [3.8, 4) is 11.5 Å². The highest BCUT2D eigenvalue weighted by atomic mass is 35.5. The van der Waals surface area contributed by atoms with Crippen molar-refractivity contribution in [2.45, 2.75) is 28.5 Å². The molecule has 6 atom stereocenters. The number of halogens is 2. The molecule has 3 fully saturated rings. The minimum Gasteiger partial charge on any atom is -0.504 e. The van der Waals surface area contributed by atoms with Crippen molar-refractivity contribution >= 4 is 52.9 Å². The number of allylic oxidation sites excluding steroid dienone is 2. The number of imide groups is 4. The first-order chi connectivity index (χ1) is 16.9. The van der Waals surface area contributed by atoms with E-state index in [9.17, 15) is 29.1 Å². The molecule has 12 heteroatoms. The third-order valence-corrected chi connectivity index (χ3v) is 9.35. The van der Waals surface area contributed by atoms with Crippen LogP contribution in [0.25, 0.3) is 0 Å². The first-order valence-electron chi connectivity index (χ1n) is 11.2. The van der Waals surface area contributed by atoms with Gasteiger partial charge in [-0.05, 0) is 24.8 Å². The van der Waals surface area contributed by atoms with Crippen LogP contribution in [0.1, 0.15) is 24.3 Å². The van der Waals surface area contributed by atoms with Crippen LogP contribution in [0.2, 0.25) is 0 Å². The van der Waals surface area contributed by atoms with Gasteiger partial charge in [0.25, 0.3) is 11.8 Å². The van der Waals surface area contributed by atoms with Gasteiger partial charge in [-0.25, -0.2) is 4.79 Å². The molecule has 1 aromatic carbocycles. The van der Waals surface area contributed by atoms with Crippen molar-refractivity contribution in [3.63, 3.8) is 0 Å². The van der Waals surface area contributed by atoms with Crippen molar-refractivity contribution in [1.82, 2.24) is 9.80 Å². The summed E-state index contributed by atoms with van der Waals surface area (Å²) in [4.78, 5) is 62.7. The molecule has 4 aliphatic rings. The number of aromatic hydroxyl groups is 1. The Balaban J connectivity index is 1.74. The van der Waals surface area contributed by atoms with Crippen LogP contribution in [0.4, 0.5) is 4.79 Å². The number of para-hydroxylation sites is 1. The number of hydrogen-bond acceptors (Lipinski definition) is 8. The fourth-order valence-corrected chi connectivity index (χ4v) is 7.31. The lowest BCUT2D eigenvalue weighted by Gasteiger charge is -2.50. The minimum atomic E-state index is -2.03. The summed E-state index contributed by atoms with van der Waals surface area (Å²) in [5.74, 6) is -7.02. The van der Waals surface area contributed by atoms with Crippen LogP contribution < -0.4 is 4.74 Å². The van der Waals surface area contributed by atoms with Gasteiger partial charge in [0.1, 0.15) is 0 Å². The van der Waals surface area contributed by atoms with Gasteiger partial charge in [-0.1, -0.05) is 23.8 Å². The van der Waals surface area contributed by atoms with Gasteiger partial charge in [0.15, 0.2) is 21.2 Å². The Kier molecular flexibility index (Phi) is 5.42. The smallest absolute Gasteiger partial charge is 0.423 e. The van der Waals surface area contributed by atoms with Gasteiger partial charge < -0.3 is 14.6 Å². The van der Waals surface area contributed by atoms with Gasteiger partial charge in [0.2, 0.25) is 11.8 Å². The van der Waals surface area contributed by atoms with E-state index in [1.807, 2.05) is 0 Å². The van der Waals surface area contributed by atoms with Gasteiger partial charge in [-0.15, -0.1) is 23.2 Å². The van der Waals surface area contributed by atoms with Crippen molar-refractivity contribution in [2.24, 2.45) is 17.8 Å². The van der Waals surface area contributed by atoms with Crippen LogP contribution in [-0.2, 0) is 23.9 Å². The number of phenolic OH excluding ortho intramolecular Hbond substituents is 1. The normalized spacial score (nSPS) is 35.3. The van der Waals surface area contributed by atoms with E-state index in [0.29, 0.717) is 10.5 Å². The maximum Gasteiger partial charge on any atom is 0.423 e. The van der Waals surface area contributed by atoms with E-state index in [1.165, 1.54) is 26.3 Å². The highest BCUT2D eigenvalue weighted by Crippen LogP contribution is 2.66. The van der Waals surface area contributed by atoms with E-state index < -0.39 is 63.1 Å². The number of hydrogen-bond donors (Lipinski definition) is 1. The molecule has 1 aromatic rings. The van der Waals surface area contributed by atoms with Crippen LogP contribution >= 0.6 is 23.2 Å². The summed E-state index contributed by atoms with van der Waals surface area (Å²) in [6, 6.07) is 4.65. The van der Waals surface area contributed by atoms with E-state index in [1.54, 1.807) is 12.1 Å². The number of nitrogens with zero attached hydrogens (tertiary/aromatic N) is 2. The summed E-state index contributed by atoms with van der Waals surface area (Å²) in [6.45, 7) is 0. The molecule has 0 spiro atoms. The predicted octanol–water partition coefficient (Wildman–Crippen LogP) is 2.16. The Morgan fingerprint density at radius 3 is 2.42 bits per heavy atom. The number of ether oxygens (including phenoxy) is 2. The molecule has 2 aliphatic heterocycles. The van der Waals surface area contributed by atoms with Crippen molar-refractivity contribution in [2.75, 3.05) is 21.3 Å². The number of methoxy groups -OCH3 is 2. The number of carbonyl (C=O) groups is 5. The Morgan fingerprint density at radius 1 is 1.08 bits per heavy atom. The van der Waals surface area contributed by atoms with E-state index in [0.717, 1.165) is 12.0 Å². The Bertz CT molecular complexity index is 1280. The lowest BCUT2D eigenvalue weighted by atomic mass is 9.56. The zero-order chi connectivity index (χ0) is 26.3. The molecule has 0 aromatic heterocycles. The van der Waals surface area contributed by atoms with Crippen LogP contribution in [0.3, 0.4) is 0 Å². The van der Waals surface area contributed by atoms with E-state index >= 15 is 0 Å². The highest BCUT2D eigenvalue weighted by Gasteiger charge is 2.76. The molecule has 0 bridgehead atoms. The zero-order valence-corrected chi connectivity index (χ0v) is 21.0. The second-order valence-electron chi connectivity index (χ2n) is 9.38. The molecule has 1 saturated carbocycles. The second-order valence-corrected chi connectivity index (χ2v) is 10.6. The third kappa shape index (κ3) is 2.77. The van der Waals surface area contributed by atoms with Crippen molar-refractivity contribution in [1.29, 1.82) is 0 Å². The number of likely N-dealkylation sites (tertiary alicyclic amines) is 2. The van der Waals surface area contributed by atoms with Crippen molar-refractivity contribution < 1.29 is 38.6 Å². The first-order valence-corrected chi connectivity index (χ1v) is 11.9. The van der Waals surface area contributed by atoms with Gasteiger partial charge in [0, 0.05) is 18.5 Å². The quantitative estimate of drug-likeness (QED) is 0.345. The maximum absolute atomic E-state index is 13.5. The molecule has 6 unspecified atom stereocenters. The number of phenols is 1. The van der Waals surface area contributed by atoms with Gasteiger partial charge >= 0.3 is 6.09 Å². The summed E-state index contributed by atoms with van der Waals surface area (Å²) in [6.07, 6.45) is 0.446. The van der Waals surface area contributed by atoms with Gasteiger partial charge in [-0.2, -0.15) is 4.90 Å². The van der Waals surface area contributed by atoms with E-state index in [2.05, 4.69) is 4.74 Å². The van der Waals surface area contributed by atoms with Crippen LogP contribution in [0, 0.1) is 17.8 Å². The topological polar surface area (TPSA) is 131 Å². The van der Waals surface area contributed by atoms with Crippen molar-refractivity contribution in [3.05, 3.63) is 35.4 Å². The molecule has 2 saturated heterocycles. The monoisotopic (exact) mass is 536 g/mol. The zero-order valence-electron chi connectivity index (χ0n) is 19.5. The number of alkyl halides is 2. The highest BCUT2D eigenvalue weighted by molar-refractivity contribution is 6.53. The maximum atomic E-state index is 13.5. The van der Waals surface area contributed by atoms with Crippen LogP contribution in [-0.4, -0.2) is 75.6 Å². The number of fused-ring (bicyclic) bond motifs is 4. The van der Waals surface area contributed by atoms with E-state index in [4.69, 9.17) is 27.9 Å². The van der Waals surface area contributed by atoms with Crippen LogP contribution in [0.5, 0.6) is 11.5 Å². The molecule has 2 aliphatic carbocycles. The Labute approximate surface area is 215 Å². The molecule has 0 radical (unpaired) electrons. The summed E-state index contributed by atoms with van der Waals surface area (Å²) in [5.41, 5.74) is 0.664. The summed E-state index contributed by atoms with van der Waals surface area (Å²) in [5, 5.41) is 11.0. The Hall–Kier alpha value is -3.11. The molecule has 5 amide bonds. The summed E-state index contributed by atoms with van der Waals surface area (Å²) < 4.78 is 9.87. The molecule has 10 nitrogen and oxygen atoms in total. The molecule has 36 heavy (non-hydrogen) atoms. The fraction of sp³-hybridized carbons (Fsp3) is 0.458.